The molecule has 0 aromatic heterocycles. The first kappa shape index (κ1) is 19.2. The van der Waals surface area contributed by atoms with Crippen LogP contribution in [0.2, 0.25) is 0 Å². The van der Waals surface area contributed by atoms with Crippen molar-refractivity contribution in [3.8, 4) is 0 Å². The van der Waals surface area contributed by atoms with Gasteiger partial charge in [0, 0.05) is 25.1 Å². The van der Waals surface area contributed by atoms with Crippen molar-refractivity contribution in [2.75, 3.05) is 13.2 Å². The third kappa shape index (κ3) is 4.71. The second kappa shape index (κ2) is 9.40. The minimum Gasteiger partial charge on any atom is -0.396 e. The van der Waals surface area contributed by atoms with E-state index >= 15 is 0 Å². The molecule has 1 aromatic rings. The SMILES string of the molecule is Cl.O=C(NCC(CCO)c1ccccc1)C1CC2CCCCC2N1. The first-order valence-electron chi connectivity index (χ1n) is 8.97. The highest BCUT2D eigenvalue weighted by Crippen LogP contribution is 2.33. The number of nitrogens with one attached hydrogen (secondary N) is 2. The highest BCUT2D eigenvalue weighted by atomic mass is 35.5. The standard InChI is InChI=1S/C19H28N2O2.ClH/c22-11-10-16(14-6-2-1-3-7-14)13-20-19(23)18-12-15-8-4-5-9-17(15)21-18;/h1-3,6-7,15-18,21-22H,4-5,8-13H2,(H,20,23);1H. The number of rotatable bonds is 6. The van der Waals surface area contributed by atoms with Gasteiger partial charge in [0.05, 0.1) is 6.04 Å². The molecule has 0 radical (unpaired) electrons. The summed E-state index contributed by atoms with van der Waals surface area (Å²) in [6.07, 6.45) is 6.73. The van der Waals surface area contributed by atoms with E-state index in [2.05, 4.69) is 22.8 Å². The van der Waals surface area contributed by atoms with Crippen molar-refractivity contribution in [2.45, 2.75) is 56.5 Å². The second-order valence-electron chi connectivity index (χ2n) is 6.97. The summed E-state index contributed by atoms with van der Waals surface area (Å²) in [5.41, 5.74) is 1.18. The molecule has 1 saturated carbocycles. The maximum absolute atomic E-state index is 12.5. The van der Waals surface area contributed by atoms with Gasteiger partial charge in [0.2, 0.25) is 5.91 Å². The van der Waals surface area contributed by atoms with Gasteiger partial charge >= 0.3 is 0 Å². The van der Waals surface area contributed by atoms with Gasteiger partial charge in [0.25, 0.3) is 0 Å². The molecule has 5 heteroatoms. The van der Waals surface area contributed by atoms with Gasteiger partial charge in [-0.05, 0) is 37.2 Å². The smallest absolute Gasteiger partial charge is 0.237 e. The van der Waals surface area contributed by atoms with Crippen molar-refractivity contribution in [1.29, 1.82) is 0 Å². The van der Waals surface area contributed by atoms with Crippen LogP contribution < -0.4 is 10.6 Å². The largest absolute Gasteiger partial charge is 0.396 e. The molecule has 134 valence electrons. The van der Waals surface area contributed by atoms with Gasteiger partial charge in [0.15, 0.2) is 0 Å². The summed E-state index contributed by atoms with van der Waals surface area (Å²) < 4.78 is 0. The molecule has 1 aliphatic heterocycles. The van der Waals surface area contributed by atoms with Crippen molar-refractivity contribution in [3.63, 3.8) is 0 Å². The quantitative estimate of drug-likeness (QED) is 0.737. The molecule has 3 rings (SSSR count). The number of benzene rings is 1. The summed E-state index contributed by atoms with van der Waals surface area (Å²) in [5, 5.41) is 15.9. The Morgan fingerprint density at radius 1 is 1.25 bits per heavy atom. The topological polar surface area (TPSA) is 61.4 Å². The van der Waals surface area contributed by atoms with E-state index in [0.717, 1.165) is 6.42 Å². The molecule has 3 N–H and O–H groups in total. The van der Waals surface area contributed by atoms with E-state index in [1.54, 1.807) is 0 Å². The van der Waals surface area contributed by atoms with E-state index in [4.69, 9.17) is 0 Å². The number of hydrogen-bond acceptors (Lipinski definition) is 3. The third-order valence-electron chi connectivity index (χ3n) is 5.45. The maximum Gasteiger partial charge on any atom is 0.237 e. The molecule has 1 heterocycles. The van der Waals surface area contributed by atoms with Crippen LogP contribution in [-0.4, -0.2) is 36.2 Å². The Bertz CT molecular complexity index is 497. The van der Waals surface area contributed by atoms with Crippen molar-refractivity contribution in [1.82, 2.24) is 10.6 Å². The number of aliphatic hydroxyl groups is 1. The van der Waals surface area contributed by atoms with Crippen molar-refractivity contribution < 1.29 is 9.90 Å². The van der Waals surface area contributed by atoms with Gasteiger partial charge in [-0.1, -0.05) is 43.2 Å². The second-order valence-corrected chi connectivity index (χ2v) is 6.97. The Hall–Kier alpha value is -1.10. The Balaban J connectivity index is 0.00000208. The zero-order chi connectivity index (χ0) is 16.1. The highest BCUT2D eigenvalue weighted by Gasteiger charge is 2.38. The summed E-state index contributed by atoms with van der Waals surface area (Å²) in [6.45, 7) is 0.734. The Labute approximate surface area is 150 Å². The molecule has 0 bridgehead atoms. The Morgan fingerprint density at radius 3 is 2.71 bits per heavy atom. The predicted octanol–water partition coefficient (Wildman–Crippen LogP) is 2.61. The lowest BCUT2D eigenvalue weighted by Gasteiger charge is -2.24. The molecule has 24 heavy (non-hydrogen) atoms. The minimum absolute atomic E-state index is 0. The van der Waals surface area contributed by atoms with E-state index in [9.17, 15) is 9.90 Å². The van der Waals surface area contributed by atoms with E-state index in [0.29, 0.717) is 24.9 Å². The van der Waals surface area contributed by atoms with Gasteiger partial charge in [-0.2, -0.15) is 0 Å². The van der Waals surface area contributed by atoms with Crippen LogP contribution in [0.15, 0.2) is 30.3 Å². The van der Waals surface area contributed by atoms with Crippen LogP contribution >= 0.6 is 12.4 Å². The number of hydrogen-bond donors (Lipinski definition) is 3. The van der Waals surface area contributed by atoms with Crippen LogP contribution in [0.1, 0.15) is 50.0 Å². The van der Waals surface area contributed by atoms with Crippen molar-refractivity contribution in [3.05, 3.63) is 35.9 Å². The van der Waals surface area contributed by atoms with E-state index in [-0.39, 0.29) is 36.9 Å². The van der Waals surface area contributed by atoms with E-state index in [1.165, 1.54) is 31.2 Å². The Kier molecular flexibility index (Phi) is 7.53. The molecule has 1 saturated heterocycles. The fraction of sp³-hybridized carbons (Fsp3) is 0.632. The summed E-state index contributed by atoms with van der Waals surface area (Å²) in [6, 6.07) is 10.6. The minimum atomic E-state index is -0.0337. The van der Waals surface area contributed by atoms with Gasteiger partial charge in [-0.25, -0.2) is 0 Å². The van der Waals surface area contributed by atoms with Gasteiger partial charge in [-0.15, -0.1) is 12.4 Å². The number of aliphatic hydroxyl groups excluding tert-OH is 1. The molecule has 0 spiro atoms. The first-order chi connectivity index (χ1) is 11.3. The molecular formula is C19H29ClN2O2. The summed E-state index contributed by atoms with van der Waals surface area (Å²) >= 11 is 0. The molecule has 2 aliphatic rings. The van der Waals surface area contributed by atoms with Crippen LogP contribution in [0.5, 0.6) is 0 Å². The lowest BCUT2D eigenvalue weighted by Crippen LogP contribution is -2.44. The molecule has 4 nitrogen and oxygen atoms in total. The van der Waals surface area contributed by atoms with E-state index < -0.39 is 0 Å². The maximum atomic E-state index is 12.5. The number of fused-ring (bicyclic) bond motifs is 1. The van der Waals surface area contributed by atoms with Crippen LogP contribution in [-0.2, 0) is 4.79 Å². The van der Waals surface area contributed by atoms with Crippen LogP contribution in [0.25, 0.3) is 0 Å². The average Bonchev–Trinajstić information content (AvgIpc) is 3.03. The third-order valence-corrected chi connectivity index (χ3v) is 5.45. The Morgan fingerprint density at radius 2 is 2.00 bits per heavy atom. The van der Waals surface area contributed by atoms with Crippen LogP contribution in [0, 0.1) is 5.92 Å². The van der Waals surface area contributed by atoms with Crippen LogP contribution in [0.3, 0.4) is 0 Å². The fourth-order valence-electron chi connectivity index (χ4n) is 4.14. The number of carbonyl (C=O) groups is 1. The molecule has 4 unspecified atom stereocenters. The number of carbonyl (C=O) groups excluding carboxylic acids is 1. The molecule has 4 atom stereocenters. The molecule has 1 amide bonds. The zero-order valence-corrected chi connectivity index (χ0v) is 14.9. The first-order valence-corrected chi connectivity index (χ1v) is 8.97. The van der Waals surface area contributed by atoms with Crippen molar-refractivity contribution in [2.24, 2.45) is 5.92 Å². The predicted molar refractivity (Wildman–Crippen MR) is 98.4 cm³/mol. The number of amides is 1. The molecule has 1 aromatic carbocycles. The monoisotopic (exact) mass is 352 g/mol. The zero-order valence-electron chi connectivity index (χ0n) is 14.1. The lowest BCUT2D eigenvalue weighted by molar-refractivity contribution is -0.123. The summed E-state index contributed by atoms with van der Waals surface area (Å²) in [4.78, 5) is 12.5. The van der Waals surface area contributed by atoms with E-state index in [1.807, 2.05) is 18.2 Å². The van der Waals surface area contributed by atoms with Gasteiger partial charge < -0.3 is 15.7 Å². The van der Waals surface area contributed by atoms with Crippen molar-refractivity contribution >= 4 is 18.3 Å². The summed E-state index contributed by atoms with van der Waals surface area (Å²) in [5.74, 6) is 0.981. The molecule has 2 fully saturated rings. The van der Waals surface area contributed by atoms with Gasteiger partial charge in [-0.3, -0.25) is 4.79 Å². The molecular weight excluding hydrogens is 324 g/mol. The summed E-state index contributed by atoms with van der Waals surface area (Å²) in [7, 11) is 0. The lowest BCUT2D eigenvalue weighted by atomic mass is 9.85. The molecule has 1 aliphatic carbocycles. The van der Waals surface area contributed by atoms with Crippen LogP contribution in [0.4, 0.5) is 0 Å². The van der Waals surface area contributed by atoms with Gasteiger partial charge in [0.1, 0.15) is 0 Å². The average molecular weight is 353 g/mol. The highest BCUT2D eigenvalue weighted by molar-refractivity contribution is 5.85. The fourth-order valence-corrected chi connectivity index (χ4v) is 4.14. The number of halogens is 1. The normalized spacial score (nSPS) is 27.0.